The van der Waals surface area contributed by atoms with E-state index in [0.29, 0.717) is 5.95 Å². The van der Waals surface area contributed by atoms with Crippen molar-refractivity contribution in [3.05, 3.63) is 71.4 Å². The van der Waals surface area contributed by atoms with Crippen LogP contribution in [-0.2, 0) is 6.18 Å². The molecule has 0 bridgehead atoms. The Kier molecular flexibility index (Phi) is 4.79. The Hall–Kier alpha value is -3.09. The van der Waals surface area contributed by atoms with Crippen LogP contribution in [0.5, 0.6) is 0 Å². The van der Waals surface area contributed by atoms with Gasteiger partial charge in [0.1, 0.15) is 5.82 Å². The molecule has 3 aromatic rings. The lowest BCUT2D eigenvalue weighted by atomic mass is 10.1. The Morgan fingerprint density at radius 3 is 2.23 bits per heavy atom. The van der Waals surface area contributed by atoms with Crippen molar-refractivity contribution in [2.24, 2.45) is 0 Å². The van der Waals surface area contributed by atoms with Crippen LogP contribution in [0.2, 0.25) is 0 Å². The Morgan fingerprint density at radius 2 is 1.54 bits per heavy atom. The van der Waals surface area contributed by atoms with Gasteiger partial charge < -0.3 is 10.6 Å². The lowest BCUT2D eigenvalue weighted by Crippen LogP contribution is -2.09. The molecule has 0 unspecified atom stereocenters. The first-order valence-corrected chi connectivity index (χ1v) is 7.94. The molecule has 0 amide bonds. The zero-order valence-corrected chi connectivity index (χ0v) is 14.2. The van der Waals surface area contributed by atoms with Gasteiger partial charge >= 0.3 is 6.18 Å². The van der Waals surface area contributed by atoms with Crippen LogP contribution >= 0.6 is 0 Å². The van der Waals surface area contributed by atoms with Gasteiger partial charge in [-0.05, 0) is 43.2 Å². The van der Waals surface area contributed by atoms with Gasteiger partial charge in [0.05, 0.1) is 11.3 Å². The van der Waals surface area contributed by atoms with Crippen molar-refractivity contribution < 1.29 is 13.2 Å². The SMILES string of the molecule is Cc1cccc(C)c1Nc1nccc(Nc2ccccc2C(F)(F)F)n1. The van der Waals surface area contributed by atoms with Crippen LogP contribution in [0.25, 0.3) is 0 Å². The largest absolute Gasteiger partial charge is 0.418 e. The molecular formula is C19H17F3N4. The van der Waals surface area contributed by atoms with E-state index >= 15 is 0 Å². The van der Waals surface area contributed by atoms with Gasteiger partial charge in [-0.1, -0.05) is 30.3 Å². The van der Waals surface area contributed by atoms with Gasteiger partial charge in [-0.3, -0.25) is 0 Å². The summed E-state index contributed by atoms with van der Waals surface area (Å²) in [7, 11) is 0. The van der Waals surface area contributed by atoms with Crippen molar-refractivity contribution >= 4 is 23.1 Å². The Labute approximate surface area is 149 Å². The van der Waals surface area contributed by atoms with Crippen LogP contribution in [-0.4, -0.2) is 9.97 Å². The fraction of sp³-hybridized carbons (Fsp3) is 0.158. The monoisotopic (exact) mass is 358 g/mol. The van der Waals surface area contributed by atoms with Crippen LogP contribution in [0.15, 0.2) is 54.7 Å². The molecular weight excluding hydrogens is 341 g/mol. The summed E-state index contributed by atoms with van der Waals surface area (Å²) in [6, 6.07) is 12.7. The number of hydrogen-bond donors (Lipinski definition) is 2. The van der Waals surface area contributed by atoms with Crippen LogP contribution in [0.3, 0.4) is 0 Å². The van der Waals surface area contributed by atoms with Crippen molar-refractivity contribution in [2.45, 2.75) is 20.0 Å². The van der Waals surface area contributed by atoms with Crippen LogP contribution in [0.1, 0.15) is 16.7 Å². The number of nitrogens with zero attached hydrogens (tertiary/aromatic N) is 2. The zero-order valence-electron chi connectivity index (χ0n) is 14.2. The van der Waals surface area contributed by atoms with Gasteiger partial charge in [0.15, 0.2) is 0 Å². The number of para-hydroxylation sites is 2. The number of benzene rings is 2. The number of rotatable bonds is 4. The summed E-state index contributed by atoms with van der Waals surface area (Å²) in [5.74, 6) is 0.572. The maximum Gasteiger partial charge on any atom is 0.418 e. The Balaban J connectivity index is 1.87. The topological polar surface area (TPSA) is 49.8 Å². The minimum atomic E-state index is -4.45. The fourth-order valence-corrected chi connectivity index (χ4v) is 2.59. The van der Waals surface area contributed by atoms with E-state index in [1.165, 1.54) is 30.5 Å². The van der Waals surface area contributed by atoms with Crippen molar-refractivity contribution in [3.63, 3.8) is 0 Å². The zero-order chi connectivity index (χ0) is 18.7. The maximum atomic E-state index is 13.1. The third-order valence-corrected chi connectivity index (χ3v) is 3.87. The molecule has 0 radical (unpaired) electrons. The predicted octanol–water partition coefficient (Wildman–Crippen LogP) is 5.60. The summed E-state index contributed by atoms with van der Waals surface area (Å²) in [6.07, 6.45) is -2.96. The molecule has 0 aliphatic rings. The van der Waals surface area contributed by atoms with E-state index in [1.807, 2.05) is 32.0 Å². The third-order valence-electron chi connectivity index (χ3n) is 3.87. The van der Waals surface area contributed by atoms with E-state index in [-0.39, 0.29) is 11.5 Å². The lowest BCUT2D eigenvalue weighted by molar-refractivity contribution is -0.136. The molecule has 0 fully saturated rings. The molecule has 0 saturated heterocycles. The molecule has 0 atom stereocenters. The molecule has 7 heteroatoms. The average Bonchev–Trinajstić information content (AvgIpc) is 2.58. The van der Waals surface area contributed by atoms with E-state index in [9.17, 15) is 13.2 Å². The van der Waals surface area contributed by atoms with Crippen LogP contribution in [0, 0.1) is 13.8 Å². The molecule has 26 heavy (non-hydrogen) atoms. The summed E-state index contributed by atoms with van der Waals surface area (Å²) in [6.45, 7) is 3.91. The second-order valence-corrected chi connectivity index (χ2v) is 5.83. The minimum absolute atomic E-state index is 0.0586. The summed E-state index contributed by atoms with van der Waals surface area (Å²) in [4.78, 5) is 8.41. The van der Waals surface area contributed by atoms with Crippen LogP contribution < -0.4 is 10.6 Å². The molecule has 2 N–H and O–H groups in total. The first-order chi connectivity index (χ1) is 12.3. The van der Waals surface area contributed by atoms with Gasteiger partial charge in [-0.25, -0.2) is 4.98 Å². The van der Waals surface area contributed by atoms with Gasteiger partial charge in [0.2, 0.25) is 5.95 Å². The second kappa shape index (κ2) is 7.03. The minimum Gasteiger partial charge on any atom is -0.340 e. The Morgan fingerprint density at radius 1 is 0.846 bits per heavy atom. The van der Waals surface area contributed by atoms with E-state index < -0.39 is 11.7 Å². The smallest absolute Gasteiger partial charge is 0.340 e. The summed E-state index contributed by atoms with van der Waals surface area (Å²) in [5.41, 5.74) is 2.11. The van der Waals surface area contributed by atoms with Crippen molar-refractivity contribution in [2.75, 3.05) is 10.6 Å². The molecule has 1 aromatic heterocycles. The molecule has 3 rings (SSSR count). The fourth-order valence-electron chi connectivity index (χ4n) is 2.59. The molecule has 1 heterocycles. The molecule has 2 aromatic carbocycles. The number of alkyl halides is 3. The highest BCUT2D eigenvalue weighted by Gasteiger charge is 2.33. The van der Waals surface area contributed by atoms with E-state index in [2.05, 4.69) is 20.6 Å². The molecule has 0 aliphatic heterocycles. The highest BCUT2D eigenvalue weighted by molar-refractivity contribution is 5.65. The number of aromatic nitrogens is 2. The predicted molar refractivity (Wildman–Crippen MR) is 96.0 cm³/mol. The quantitative estimate of drug-likeness (QED) is 0.637. The molecule has 4 nitrogen and oxygen atoms in total. The van der Waals surface area contributed by atoms with Gasteiger partial charge in [0, 0.05) is 11.9 Å². The normalized spacial score (nSPS) is 11.3. The van der Waals surface area contributed by atoms with E-state index in [1.54, 1.807) is 0 Å². The lowest BCUT2D eigenvalue weighted by Gasteiger charge is -2.15. The Bertz CT molecular complexity index is 902. The standard InChI is InChI=1S/C19H17F3N4/c1-12-6-5-7-13(2)17(12)26-18-23-11-10-16(25-18)24-15-9-4-3-8-14(15)19(20,21)22/h3-11H,1-2H3,(H2,23,24,25,26). The molecule has 0 aliphatic carbocycles. The van der Waals surface area contributed by atoms with Gasteiger partial charge in [-0.2, -0.15) is 18.2 Å². The highest BCUT2D eigenvalue weighted by atomic mass is 19.4. The first-order valence-electron chi connectivity index (χ1n) is 7.94. The maximum absolute atomic E-state index is 13.1. The van der Waals surface area contributed by atoms with Crippen molar-refractivity contribution in [3.8, 4) is 0 Å². The molecule has 134 valence electrons. The number of anilines is 4. The summed E-state index contributed by atoms with van der Waals surface area (Å²) in [5, 5.41) is 5.85. The summed E-state index contributed by atoms with van der Waals surface area (Å²) < 4.78 is 39.4. The summed E-state index contributed by atoms with van der Waals surface area (Å²) >= 11 is 0. The van der Waals surface area contributed by atoms with Crippen molar-refractivity contribution in [1.82, 2.24) is 9.97 Å². The molecule has 0 spiro atoms. The average molecular weight is 358 g/mol. The highest BCUT2D eigenvalue weighted by Crippen LogP contribution is 2.35. The number of hydrogen-bond acceptors (Lipinski definition) is 4. The second-order valence-electron chi connectivity index (χ2n) is 5.83. The molecule has 0 saturated carbocycles. The van der Waals surface area contributed by atoms with Gasteiger partial charge in [0.25, 0.3) is 0 Å². The van der Waals surface area contributed by atoms with Gasteiger partial charge in [-0.15, -0.1) is 0 Å². The number of aryl methyl sites for hydroxylation is 2. The van der Waals surface area contributed by atoms with E-state index in [0.717, 1.165) is 22.9 Å². The van der Waals surface area contributed by atoms with E-state index in [4.69, 9.17) is 0 Å². The number of halogens is 3. The number of nitrogens with one attached hydrogen (secondary N) is 2. The first kappa shape index (κ1) is 17.7. The van der Waals surface area contributed by atoms with Crippen molar-refractivity contribution in [1.29, 1.82) is 0 Å². The third kappa shape index (κ3) is 3.93. The van der Waals surface area contributed by atoms with Crippen LogP contribution in [0.4, 0.5) is 36.3 Å².